The molecule has 0 aromatic rings. The van der Waals surface area contributed by atoms with Gasteiger partial charge in [-0.15, -0.1) is 0 Å². The molecule has 0 saturated heterocycles. The largest absolute Gasteiger partial charge is 0.298 e. The molecule has 0 aromatic carbocycles. The molecule has 0 spiro atoms. The van der Waals surface area contributed by atoms with Gasteiger partial charge in [0.05, 0.1) is 12.8 Å². The molecule has 0 radical (unpaired) electrons. The van der Waals surface area contributed by atoms with E-state index in [-0.39, 0.29) is 36.2 Å². The summed E-state index contributed by atoms with van der Waals surface area (Å²) in [4.78, 5) is 22.3. The third-order valence-corrected chi connectivity index (χ3v) is 1.94. The maximum absolute atomic E-state index is 11.1. The van der Waals surface area contributed by atoms with Crippen molar-refractivity contribution in [2.45, 2.75) is 40.5 Å². The zero-order chi connectivity index (χ0) is 11.1. The second-order valence-corrected chi connectivity index (χ2v) is 3.95. The molecule has 0 saturated carbocycles. The third-order valence-electron chi connectivity index (χ3n) is 1.94. The van der Waals surface area contributed by atoms with E-state index < -0.39 is 0 Å². The molecule has 0 aliphatic carbocycles. The molecule has 0 aromatic heterocycles. The maximum atomic E-state index is 11.1. The van der Waals surface area contributed by atoms with Crippen molar-refractivity contribution in [3.8, 4) is 11.8 Å². The van der Waals surface area contributed by atoms with E-state index in [2.05, 4.69) is 11.8 Å². The number of Topliss-reactive ketones (excluding diaryl/α,β-unsaturated/α-hetero) is 2. The Balaban J connectivity index is 3.85. The number of rotatable bonds is 4. The molecule has 0 atom stereocenters. The molecular weight excluding hydrogens is 176 g/mol. The van der Waals surface area contributed by atoms with Gasteiger partial charge in [0.2, 0.25) is 0 Å². The summed E-state index contributed by atoms with van der Waals surface area (Å²) < 4.78 is 0. The van der Waals surface area contributed by atoms with Gasteiger partial charge in [-0.1, -0.05) is 39.5 Å². The van der Waals surface area contributed by atoms with Crippen molar-refractivity contribution in [1.29, 1.82) is 0 Å². The summed E-state index contributed by atoms with van der Waals surface area (Å²) in [6, 6.07) is 0. The molecule has 0 amide bonds. The van der Waals surface area contributed by atoms with Gasteiger partial charge in [-0.2, -0.15) is 0 Å². The fourth-order valence-electron chi connectivity index (χ4n) is 0.707. The highest BCUT2D eigenvalue weighted by Crippen LogP contribution is 1.99. The Morgan fingerprint density at radius 2 is 1.14 bits per heavy atom. The molecule has 0 bridgehead atoms. The summed E-state index contributed by atoms with van der Waals surface area (Å²) in [6.45, 7) is 7.40. The van der Waals surface area contributed by atoms with Crippen LogP contribution in [0, 0.1) is 23.7 Å². The minimum atomic E-state index is 0.0325. The Bertz CT molecular complexity index is 238. The first-order valence-corrected chi connectivity index (χ1v) is 4.96. The fourth-order valence-corrected chi connectivity index (χ4v) is 0.707. The lowest BCUT2D eigenvalue weighted by molar-refractivity contribution is -0.121. The number of carbonyl (C=O) groups is 2. The van der Waals surface area contributed by atoms with Crippen molar-refractivity contribution in [3.05, 3.63) is 0 Å². The number of hydrogen-bond donors (Lipinski definition) is 0. The van der Waals surface area contributed by atoms with Crippen LogP contribution < -0.4 is 0 Å². The van der Waals surface area contributed by atoms with Gasteiger partial charge in [-0.25, -0.2) is 0 Å². The van der Waals surface area contributed by atoms with Gasteiger partial charge in [-0.3, -0.25) is 9.59 Å². The van der Waals surface area contributed by atoms with Crippen molar-refractivity contribution in [3.63, 3.8) is 0 Å². The molecule has 78 valence electrons. The van der Waals surface area contributed by atoms with Crippen LogP contribution >= 0.6 is 0 Å². The van der Waals surface area contributed by atoms with Crippen molar-refractivity contribution in [2.75, 3.05) is 0 Å². The molecule has 2 nitrogen and oxygen atoms in total. The lowest BCUT2D eigenvalue weighted by Gasteiger charge is -1.98. The molecule has 0 unspecified atom stereocenters. The normalized spacial score (nSPS) is 9.86. The van der Waals surface area contributed by atoms with Gasteiger partial charge in [0.1, 0.15) is 11.6 Å². The van der Waals surface area contributed by atoms with E-state index in [1.807, 2.05) is 27.7 Å². The van der Waals surface area contributed by atoms with E-state index in [4.69, 9.17) is 0 Å². The summed E-state index contributed by atoms with van der Waals surface area (Å²) in [5.74, 6) is 5.80. The highest BCUT2D eigenvalue weighted by molar-refractivity contribution is 5.84. The zero-order valence-corrected chi connectivity index (χ0v) is 9.39. The van der Waals surface area contributed by atoms with Gasteiger partial charge in [0.15, 0.2) is 0 Å². The van der Waals surface area contributed by atoms with Crippen LogP contribution in [0.5, 0.6) is 0 Å². The highest BCUT2D eigenvalue weighted by atomic mass is 16.1. The van der Waals surface area contributed by atoms with Crippen molar-refractivity contribution < 1.29 is 9.59 Å². The first-order valence-electron chi connectivity index (χ1n) is 4.96. The van der Waals surface area contributed by atoms with Crippen LogP contribution in [-0.4, -0.2) is 11.6 Å². The number of hydrogen-bond acceptors (Lipinski definition) is 2. The summed E-state index contributed by atoms with van der Waals surface area (Å²) in [6.07, 6.45) is 0.534. The van der Waals surface area contributed by atoms with E-state index in [0.717, 1.165) is 0 Å². The second kappa shape index (κ2) is 6.37. The average Bonchev–Trinajstić information content (AvgIpc) is 2.11. The maximum Gasteiger partial charge on any atom is 0.147 e. The molecule has 14 heavy (non-hydrogen) atoms. The molecular formula is C12H18O2. The summed E-state index contributed by atoms with van der Waals surface area (Å²) >= 11 is 0. The molecule has 0 rings (SSSR count). The second-order valence-electron chi connectivity index (χ2n) is 3.95. The van der Waals surface area contributed by atoms with Crippen molar-refractivity contribution in [1.82, 2.24) is 0 Å². The van der Waals surface area contributed by atoms with Crippen LogP contribution in [-0.2, 0) is 9.59 Å². The van der Waals surface area contributed by atoms with Gasteiger partial charge in [0, 0.05) is 11.8 Å². The summed E-state index contributed by atoms with van der Waals surface area (Å²) in [7, 11) is 0. The van der Waals surface area contributed by atoms with Gasteiger partial charge in [-0.05, 0) is 0 Å². The van der Waals surface area contributed by atoms with Gasteiger partial charge in [0.25, 0.3) is 0 Å². The Morgan fingerprint density at radius 3 is 1.36 bits per heavy atom. The van der Waals surface area contributed by atoms with Gasteiger partial charge >= 0.3 is 0 Å². The van der Waals surface area contributed by atoms with Crippen LogP contribution in [0.15, 0.2) is 0 Å². The smallest absolute Gasteiger partial charge is 0.147 e. The SMILES string of the molecule is CC(C)C(=O)CC#CCC(=O)C(C)C. The van der Waals surface area contributed by atoms with Crippen LogP contribution in [0.1, 0.15) is 40.5 Å². The summed E-state index contributed by atoms with van der Waals surface area (Å²) in [5.41, 5.74) is 0. The number of ketones is 2. The molecule has 0 N–H and O–H groups in total. The van der Waals surface area contributed by atoms with Crippen LogP contribution in [0.2, 0.25) is 0 Å². The highest BCUT2D eigenvalue weighted by Gasteiger charge is 2.05. The van der Waals surface area contributed by atoms with Crippen LogP contribution in [0.4, 0.5) is 0 Å². The van der Waals surface area contributed by atoms with E-state index in [1.165, 1.54) is 0 Å². The van der Waals surface area contributed by atoms with Crippen molar-refractivity contribution >= 4 is 11.6 Å². The topological polar surface area (TPSA) is 34.1 Å². The van der Waals surface area contributed by atoms with E-state index in [1.54, 1.807) is 0 Å². The quantitative estimate of drug-likeness (QED) is 0.643. The molecule has 0 heterocycles. The standard InChI is InChI=1S/C12H18O2/c1-9(2)11(13)7-5-6-8-12(14)10(3)4/h9-10H,7-8H2,1-4H3. The average molecular weight is 194 g/mol. The molecule has 0 aliphatic rings. The minimum absolute atomic E-state index is 0.0325. The van der Waals surface area contributed by atoms with E-state index >= 15 is 0 Å². The first-order chi connectivity index (χ1) is 6.45. The number of carbonyl (C=O) groups excluding carboxylic acids is 2. The fraction of sp³-hybridized carbons (Fsp3) is 0.667. The van der Waals surface area contributed by atoms with Crippen LogP contribution in [0.25, 0.3) is 0 Å². The Hall–Kier alpha value is -1.10. The van der Waals surface area contributed by atoms with Crippen molar-refractivity contribution in [2.24, 2.45) is 11.8 Å². The molecule has 0 aliphatic heterocycles. The molecule has 2 heteroatoms. The predicted octanol–water partition coefficient (Wildman–Crippen LogP) is 2.22. The lowest BCUT2D eigenvalue weighted by atomic mass is 10.1. The Kier molecular flexibility index (Phi) is 5.87. The Labute approximate surface area is 86.1 Å². The van der Waals surface area contributed by atoms with Gasteiger partial charge < -0.3 is 0 Å². The minimum Gasteiger partial charge on any atom is -0.298 e. The van der Waals surface area contributed by atoms with E-state index in [0.29, 0.717) is 0 Å². The zero-order valence-electron chi connectivity index (χ0n) is 9.39. The monoisotopic (exact) mass is 194 g/mol. The van der Waals surface area contributed by atoms with Crippen LogP contribution in [0.3, 0.4) is 0 Å². The Morgan fingerprint density at radius 1 is 0.857 bits per heavy atom. The summed E-state index contributed by atoms with van der Waals surface area (Å²) in [5, 5.41) is 0. The first kappa shape index (κ1) is 12.9. The third kappa shape index (κ3) is 5.53. The lowest BCUT2D eigenvalue weighted by Crippen LogP contribution is -2.06. The molecule has 0 fully saturated rings. The predicted molar refractivity (Wildman–Crippen MR) is 56.7 cm³/mol. The van der Waals surface area contributed by atoms with E-state index in [9.17, 15) is 9.59 Å².